The molecule has 0 aliphatic carbocycles. The second kappa shape index (κ2) is 8.42. The first-order chi connectivity index (χ1) is 11.7. The molecule has 2 rings (SSSR count). The number of aromatic nitrogens is 1. The summed E-state index contributed by atoms with van der Waals surface area (Å²) in [5, 5.41) is 11.7. The first-order valence-corrected chi connectivity index (χ1v) is 9.40. The number of thioether (sulfide) groups is 1. The third-order valence-electron chi connectivity index (χ3n) is 3.57. The Morgan fingerprint density at radius 3 is 2.56 bits per heavy atom. The minimum absolute atomic E-state index is 0.151. The van der Waals surface area contributed by atoms with Crippen molar-refractivity contribution in [2.45, 2.75) is 38.8 Å². The molecule has 1 aromatic rings. The zero-order valence-corrected chi connectivity index (χ0v) is 15.6. The van der Waals surface area contributed by atoms with Gasteiger partial charge in [0, 0.05) is 37.2 Å². The Morgan fingerprint density at radius 1 is 1.36 bits per heavy atom. The van der Waals surface area contributed by atoms with E-state index in [4.69, 9.17) is 4.74 Å². The number of aliphatic carboxylic acids is 1. The van der Waals surface area contributed by atoms with E-state index < -0.39 is 23.7 Å². The monoisotopic (exact) mass is 367 g/mol. The molecule has 0 aromatic carbocycles. The first-order valence-electron chi connectivity index (χ1n) is 8.24. The van der Waals surface area contributed by atoms with E-state index in [0.717, 1.165) is 36.0 Å². The van der Waals surface area contributed by atoms with Crippen molar-refractivity contribution in [1.29, 1.82) is 0 Å². The number of nitrogens with one attached hydrogen (secondary N) is 1. The van der Waals surface area contributed by atoms with Crippen LogP contribution in [0.25, 0.3) is 0 Å². The maximum atomic E-state index is 11.8. The maximum Gasteiger partial charge on any atom is 0.408 e. The van der Waals surface area contributed by atoms with Gasteiger partial charge in [0.25, 0.3) is 0 Å². The lowest BCUT2D eigenvalue weighted by atomic mass is 10.1. The van der Waals surface area contributed by atoms with Crippen LogP contribution in [0, 0.1) is 0 Å². The molecule has 2 heterocycles. The number of carboxylic acid groups (broad SMARTS) is 1. The summed E-state index contributed by atoms with van der Waals surface area (Å²) in [6, 6.07) is 2.70. The molecule has 8 heteroatoms. The Labute approximate surface area is 152 Å². The summed E-state index contributed by atoms with van der Waals surface area (Å²) in [7, 11) is 0. The fraction of sp³-hybridized carbons (Fsp3) is 0.588. The number of alkyl carbamates (subject to hydrolysis) is 1. The standard InChI is InChI=1S/C17H25N3O4S/c1-17(2,3)24-16(23)19-13(15(21)22)10-12-4-5-14(18-11-12)20-6-8-25-9-7-20/h4-5,11,13H,6-10H2,1-3H3,(H,19,23)(H,21,22). The largest absolute Gasteiger partial charge is 0.480 e. The van der Waals surface area contributed by atoms with Crippen molar-refractivity contribution in [3.05, 3.63) is 23.9 Å². The van der Waals surface area contributed by atoms with E-state index in [9.17, 15) is 14.7 Å². The quantitative estimate of drug-likeness (QED) is 0.824. The smallest absolute Gasteiger partial charge is 0.408 e. The first kappa shape index (κ1) is 19.4. The fourth-order valence-electron chi connectivity index (χ4n) is 2.40. The number of anilines is 1. The van der Waals surface area contributed by atoms with Gasteiger partial charge in [-0.25, -0.2) is 14.6 Å². The van der Waals surface area contributed by atoms with Crippen molar-refractivity contribution >= 4 is 29.6 Å². The van der Waals surface area contributed by atoms with E-state index in [1.807, 2.05) is 23.9 Å². The highest BCUT2D eigenvalue weighted by atomic mass is 32.2. The summed E-state index contributed by atoms with van der Waals surface area (Å²) in [6.45, 7) is 7.11. The Kier molecular flexibility index (Phi) is 6.52. The summed E-state index contributed by atoms with van der Waals surface area (Å²) in [5.74, 6) is 1.97. The number of ether oxygens (including phenoxy) is 1. The minimum Gasteiger partial charge on any atom is -0.480 e. The van der Waals surface area contributed by atoms with Crippen LogP contribution in [0.3, 0.4) is 0 Å². The molecule has 138 valence electrons. The van der Waals surface area contributed by atoms with Gasteiger partial charge in [0.15, 0.2) is 0 Å². The van der Waals surface area contributed by atoms with Gasteiger partial charge in [-0.2, -0.15) is 11.8 Å². The van der Waals surface area contributed by atoms with Crippen LogP contribution in [0.2, 0.25) is 0 Å². The van der Waals surface area contributed by atoms with Crippen LogP contribution < -0.4 is 10.2 Å². The Hall–Kier alpha value is -1.96. The number of rotatable bonds is 5. The number of hydrogen-bond acceptors (Lipinski definition) is 6. The molecule has 1 amide bonds. The predicted molar refractivity (Wildman–Crippen MR) is 98.3 cm³/mol. The lowest BCUT2D eigenvalue weighted by Crippen LogP contribution is -2.44. The minimum atomic E-state index is -1.11. The number of amides is 1. The molecule has 0 saturated carbocycles. The van der Waals surface area contributed by atoms with Gasteiger partial charge in [0.2, 0.25) is 0 Å². The molecule has 7 nitrogen and oxygen atoms in total. The van der Waals surface area contributed by atoms with Gasteiger partial charge in [0.05, 0.1) is 0 Å². The van der Waals surface area contributed by atoms with Gasteiger partial charge in [-0.05, 0) is 32.4 Å². The highest BCUT2D eigenvalue weighted by molar-refractivity contribution is 7.99. The van der Waals surface area contributed by atoms with Gasteiger partial charge in [-0.15, -0.1) is 0 Å². The lowest BCUT2D eigenvalue weighted by molar-refractivity contribution is -0.139. The molecule has 0 spiro atoms. The van der Waals surface area contributed by atoms with Crippen molar-refractivity contribution in [3.63, 3.8) is 0 Å². The summed E-state index contributed by atoms with van der Waals surface area (Å²) in [5.41, 5.74) is 0.0712. The number of carbonyl (C=O) groups is 2. The van der Waals surface area contributed by atoms with E-state index in [1.54, 1.807) is 27.0 Å². The number of carboxylic acids is 1. The zero-order valence-electron chi connectivity index (χ0n) is 14.8. The Bertz CT molecular complexity index is 595. The van der Waals surface area contributed by atoms with Crippen LogP contribution in [0.5, 0.6) is 0 Å². The molecular weight excluding hydrogens is 342 g/mol. The van der Waals surface area contributed by atoms with E-state index >= 15 is 0 Å². The molecule has 0 radical (unpaired) electrons. The topological polar surface area (TPSA) is 91.8 Å². The summed E-state index contributed by atoms with van der Waals surface area (Å²) < 4.78 is 5.12. The average molecular weight is 367 g/mol. The number of nitrogens with zero attached hydrogens (tertiary/aromatic N) is 2. The molecule has 1 aliphatic rings. The molecule has 1 aliphatic heterocycles. The van der Waals surface area contributed by atoms with Gasteiger partial charge in [-0.1, -0.05) is 6.07 Å². The van der Waals surface area contributed by atoms with Crippen molar-refractivity contribution in [2.75, 3.05) is 29.5 Å². The predicted octanol–water partition coefficient (Wildman–Crippen LogP) is 2.16. The second-order valence-electron chi connectivity index (χ2n) is 6.87. The van der Waals surface area contributed by atoms with E-state index in [-0.39, 0.29) is 6.42 Å². The number of hydrogen-bond donors (Lipinski definition) is 2. The molecule has 1 atom stereocenters. The second-order valence-corrected chi connectivity index (χ2v) is 8.09. The molecule has 25 heavy (non-hydrogen) atoms. The van der Waals surface area contributed by atoms with Crippen LogP contribution in [-0.2, 0) is 16.0 Å². The lowest BCUT2D eigenvalue weighted by Gasteiger charge is -2.27. The third kappa shape index (κ3) is 6.45. The van der Waals surface area contributed by atoms with Crippen molar-refractivity contribution in [1.82, 2.24) is 10.3 Å². The van der Waals surface area contributed by atoms with Crippen LogP contribution in [0.1, 0.15) is 26.3 Å². The Morgan fingerprint density at radius 2 is 2.04 bits per heavy atom. The Balaban J connectivity index is 1.97. The highest BCUT2D eigenvalue weighted by Gasteiger charge is 2.24. The van der Waals surface area contributed by atoms with Crippen LogP contribution in [0.4, 0.5) is 10.6 Å². The molecule has 1 saturated heterocycles. The average Bonchev–Trinajstić information content (AvgIpc) is 2.54. The number of pyridine rings is 1. The van der Waals surface area contributed by atoms with Crippen molar-refractivity contribution in [2.24, 2.45) is 0 Å². The van der Waals surface area contributed by atoms with E-state index in [2.05, 4.69) is 15.2 Å². The molecule has 1 fully saturated rings. The fourth-order valence-corrected chi connectivity index (χ4v) is 3.31. The summed E-state index contributed by atoms with van der Waals surface area (Å²) in [6.07, 6.45) is 1.08. The molecule has 1 unspecified atom stereocenters. The van der Waals surface area contributed by atoms with Gasteiger partial charge in [0.1, 0.15) is 17.5 Å². The van der Waals surface area contributed by atoms with Crippen LogP contribution in [-0.4, -0.2) is 58.4 Å². The van der Waals surface area contributed by atoms with E-state index in [0.29, 0.717) is 0 Å². The van der Waals surface area contributed by atoms with Gasteiger partial charge >= 0.3 is 12.1 Å². The van der Waals surface area contributed by atoms with E-state index in [1.165, 1.54) is 0 Å². The van der Waals surface area contributed by atoms with Gasteiger partial charge < -0.3 is 20.1 Å². The molecule has 2 N–H and O–H groups in total. The zero-order chi connectivity index (χ0) is 18.4. The van der Waals surface area contributed by atoms with Crippen molar-refractivity contribution in [3.8, 4) is 0 Å². The van der Waals surface area contributed by atoms with Gasteiger partial charge in [-0.3, -0.25) is 0 Å². The number of carbonyl (C=O) groups excluding carboxylic acids is 1. The molecule has 1 aromatic heterocycles. The van der Waals surface area contributed by atoms with Crippen LogP contribution in [0.15, 0.2) is 18.3 Å². The highest BCUT2D eigenvalue weighted by Crippen LogP contribution is 2.18. The normalized spacial score (nSPS) is 16.2. The van der Waals surface area contributed by atoms with Crippen LogP contribution >= 0.6 is 11.8 Å². The summed E-state index contributed by atoms with van der Waals surface area (Å²) in [4.78, 5) is 29.9. The van der Waals surface area contributed by atoms with Crippen molar-refractivity contribution < 1.29 is 19.4 Å². The SMILES string of the molecule is CC(C)(C)OC(=O)NC(Cc1ccc(N2CCSCC2)nc1)C(=O)O. The third-order valence-corrected chi connectivity index (χ3v) is 4.52. The maximum absolute atomic E-state index is 11.8. The molecular formula is C17H25N3O4S. The summed E-state index contributed by atoms with van der Waals surface area (Å²) >= 11 is 1.93. The molecule has 0 bridgehead atoms.